The lowest BCUT2D eigenvalue weighted by atomic mass is 10.0. The fraction of sp³-hybridized carbons (Fsp3) is 0.125. The zero-order valence-corrected chi connectivity index (χ0v) is 16.8. The fourth-order valence-electron chi connectivity index (χ4n) is 3.95. The standard InChI is InChI=1S/C24H21N5O/c1-16-21-14-19(10-13-22(21)29(2)24(16)18-6-4-3-5-7-18)17-8-11-20(12-9-17)30-15-23-25-27-28-26-23/h3-14H,15H2,1-2H3,(H,25,26,27,28). The molecule has 0 atom stereocenters. The predicted molar refractivity (Wildman–Crippen MR) is 117 cm³/mol. The smallest absolute Gasteiger partial charge is 0.186 e. The van der Waals surface area contributed by atoms with Crippen molar-refractivity contribution in [1.82, 2.24) is 25.2 Å². The summed E-state index contributed by atoms with van der Waals surface area (Å²) in [7, 11) is 2.13. The molecule has 148 valence electrons. The van der Waals surface area contributed by atoms with Crippen LogP contribution in [-0.2, 0) is 13.7 Å². The van der Waals surface area contributed by atoms with E-state index in [0.717, 1.165) is 11.3 Å². The van der Waals surface area contributed by atoms with Crippen molar-refractivity contribution in [3.8, 4) is 28.1 Å². The van der Waals surface area contributed by atoms with Crippen molar-refractivity contribution >= 4 is 10.9 Å². The van der Waals surface area contributed by atoms with E-state index in [2.05, 4.69) is 99.8 Å². The Labute approximate surface area is 174 Å². The van der Waals surface area contributed by atoms with Crippen molar-refractivity contribution in [3.63, 3.8) is 0 Å². The molecule has 30 heavy (non-hydrogen) atoms. The summed E-state index contributed by atoms with van der Waals surface area (Å²) in [5.74, 6) is 1.37. The second-order valence-electron chi connectivity index (χ2n) is 7.29. The first-order chi connectivity index (χ1) is 14.7. The summed E-state index contributed by atoms with van der Waals surface area (Å²) in [6.07, 6.45) is 0. The van der Waals surface area contributed by atoms with E-state index in [9.17, 15) is 0 Å². The van der Waals surface area contributed by atoms with Crippen molar-refractivity contribution in [2.75, 3.05) is 0 Å². The zero-order chi connectivity index (χ0) is 20.5. The van der Waals surface area contributed by atoms with Crippen LogP contribution >= 0.6 is 0 Å². The van der Waals surface area contributed by atoms with Gasteiger partial charge in [0.05, 0.1) is 5.69 Å². The maximum atomic E-state index is 5.72. The van der Waals surface area contributed by atoms with E-state index < -0.39 is 0 Å². The summed E-state index contributed by atoms with van der Waals surface area (Å²) in [6, 6.07) is 25.3. The summed E-state index contributed by atoms with van der Waals surface area (Å²) < 4.78 is 8.00. The van der Waals surface area contributed by atoms with Gasteiger partial charge in [0.25, 0.3) is 0 Å². The van der Waals surface area contributed by atoms with Crippen LogP contribution < -0.4 is 4.74 Å². The number of hydrogen-bond acceptors (Lipinski definition) is 4. The molecule has 5 aromatic rings. The molecule has 5 rings (SSSR count). The molecule has 2 heterocycles. The Morgan fingerprint density at radius 2 is 1.67 bits per heavy atom. The van der Waals surface area contributed by atoms with Crippen LogP contribution in [0.4, 0.5) is 0 Å². The number of tetrazole rings is 1. The average molecular weight is 395 g/mol. The van der Waals surface area contributed by atoms with Gasteiger partial charge in [-0.25, -0.2) is 5.10 Å². The Balaban J connectivity index is 1.46. The van der Waals surface area contributed by atoms with Crippen LogP contribution in [0.3, 0.4) is 0 Å². The summed E-state index contributed by atoms with van der Waals surface area (Å²) in [6.45, 7) is 2.51. The largest absolute Gasteiger partial charge is 0.486 e. The van der Waals surface area contributed by atoms with E-state index in [0.29, 0.717) is 12.4 Å². The van der Waals surface area contributed by atoms with Crippen LogP contribution in [0.15, 0.2) is 72.8 Å². The normalized spacial score (nSPS) is 11.1. The number of H-pyrrole nitrogens is 1. The molecule has 0 saturated carbocycles. The van der Waals surface area contributed by atoms with Gasteiger partial charge in [-0.3, -0.25) is 0 Å². The van der Waals surface area contributed by atoms with E-state index in [1.165, 1.54) is 33.3 Å². The first-order valence-electron chi connectivity index (χ1n) is 9.81. The molecule has 3 aromatic carbocycles. The van der Waals surface area contributed by atoms with Gasteiger partial charge in [0.15, 0.2) is 5.82 Å². The molecule has 0 aliphatic carbocycles. The first kappa shape index (κ1) is 18.1. The van der Waals surface area contributed by atoms with E-state index in [1.54, 1.807) is 0 Å². The van der Waals surface area contributed by atoms with E-state index in [4.69, 9.17) is 4.74 Å². The SMILES string of the molecule is Cc1c(-c2ccccc2)n(C)c2ccc(-c3ccc(OCc4nnn[nH]4)cc3)cc12. The number of benzene rings is 3. The molecule has 2 aromatic heterocycles. The van der Waals surface area contributed by atoms with E-state index in [1.807, 2.05) is 12.1 Å². The third-order valence-electron chi connectivity index (χ3n) is 5.45. The summed E-state index contributed by atoms with van der Waals surface area (Å²) in [5, 5.41) is 14.9. The molecule has 0 saturated heterocycles. The molecule has 6 nitrogen and oxygen atoms in total. The van der Waals surface area contributed by atoms with Crippen LogP contribution in [-0.4, -0.2) is 25.2 Å². The third kappa shape index (κ3) is 3.22. The van der Waals surface area contributed by atoms with Crippen LogP contribution in [0.5, 0.6) is 5.75 Å². The van der Waals surface area contributed by atoms with Crippen LogP contribution in [0.2, 0.25) is 0 Å². The Bertz CT molecular complexity index is 1290. The first-order valence-corrected chi connectivity index (χ1v) is 9.81. The van der Waals surface area contributed by atoms with E-state index >= 15 is 0 Å². The second kappa shape index (κ2) is 7.48. The number of ether oxygens (including phenoxy) is 1. The molecule has 0 aliphatic heterocycles. The summed E-state index contributed by atoms with van der Waals surface area (Å²) in [5.41, 5.74) is 7.35. The van der Waals surface area contributed by atoms with Crippen molar-refractivity contribution in [2.24, 2.45) is 7.05 Å². The van der Waals surface area contributed by atoms with Gasteiger partial charge in [-0.2, -0.15) is 0 Å². The quantitative estimate of drug-likeness (QED) is 0.459. The highest BCUT2D eigenvalue weighted by molar-refractivity contribution is 5.94. The molecule has 0 aliphatic rings. The zero-order valence-electron chi connectivity index (χ0n) is 16.8. The number of hydrogen-bond donors (Lipinski definition) is 1. The Morgan fingerprint density at radius 3 is 2.40 bits per heavy atom. The highest BCUT2D eigenvalue weighted by Crippen LogP contribution is 2.35. The Morgan fingerprint density at radius 1 is 0.900 bits per heavy atom. The molecule has 0 radical (unpaired) electrons. The van der Waals surface area contributed by atoms with Gasteiger partial charge in [-0.05, 0) is 63.9 Å². The predicted octanol–water partition coefficient (Wildman–Crippen LogP) is 4.91. The van der Waals surface area contributed by atoms with Crippen molar-refractivity contribution < 1.29 is 4.74 Å². The van der Waals surface area contributed by atoms with Crippen molar-refractivity contribution in [1.29, 1.82) is 0 Å². The minimum absolute atomic E-state index is 0.309. The topological polar surface area (TPSA) is 68.6 Å². The van der Waals surface area contributed by atoms with Crippen molar-refractivity contribution in [2.45, 2.75) is 13.5 Å². The minimum atomic E-state index is 0.309. The lowest BCUT2D eigenvalue weighted by molar-refractivity contribution is 0.296. The number of fused-ring (bicyclic) bond motifs is 1. The van der Waals surface area contributed by atoms with Crippen LogP contribution in [0, 0.1) is 6.92 Å². The van der Waals surface area contributed by atoms with Crippen LogP contribution in [0.25, 0.3) is 33.3 Å². The average Bonchev–Trinajstić information content (AvgIpc) is 3.40. The molecule has 0 bridgehead atoms. The number of nitrogens with one attached hydrogen (secondary N) is 1. The molecule has 1 N–H and O–H groups in total. The monoisotopic (exact) mass is 395 g/mol. The highest BCUT2D eigenvalue weighted by Gasteiger charge is 2.14. The van der Waals surface area contributed by atoms with Gasteiger partial charge in [-0.1, -0.05) is 48.5 Å². The van der Waals surface area contributed by atoms with Gasteiger partial charge in [0, 0.05) is 18.0 Å². The number of nitrogens with zero attached hydrogens (tertiary/aromatic N) is 4. The van der Waals surface area contributed by atoms with Crippen LogP contribution in [0.1, 0.15) is 11.4 Å². The van der Waals surface area contributed by atoms with Gasteiger partial charge >= 0.3 is 0 Å². The van der Waals surface area contributed by atoms with Crippen molar-refractivity contribution in [3.05, 3.63) is 84.2 Å². The van der Waals surface area contributed by atoms with E-state index in [-0.39, 0.29) is 0 Å². The Hall–Kier alpha value is -3.93. The second-order valence-corrected chi connectivity index (χ2v) is 7.29. The number of aromatic amines is 1. The fourth-order valence-corrected chi connectivity index (χ4v) is 3.95. The lowest BCUT2D eigenvalue weighted by Crippen LogP contribution is -1.97. The molecular weight excluding hydrogens is 374 g/mol. The lowest BCUT2D eigenvalue weighted by Gasteiger charge is -2.07. The molecule has 0 amide bonds. The Kier molecular flexibility index (Phi) is 4.52. The van der Waals surface area contributed by atoms with Gasteiger partial charge in [-0.15, -0.1) is 5.10 Å². The van der Waals surface area contributed by atoms with Gasteiger partial charge < -0.3 is 9.30 Å². The summed E-state index contributed by atoms with van der Waals surface area (Å²) >= 11 is 0. The molecular formula is C24H21N5O. The molecule has 6 heteroatoms. The molecule has 0 spiro atoms. The molecule has 0 fully saturated rings. The maximum Gasteiger partial charge on any atom is 0.186 e. The van der Waals surface area contributed by atoms with Gasteiger partial charge in [0.1, 0.15) is 12.4 Å². The third-order valence-corrected chi connectivity index (χ3v) is 5.45. The number of aryl methyl sites for hydroxylation is 2. The minimum Gasteiger partial charge on any atom is -0.486 e. The number of aromatic nitrogens is 5. The van der Waals surface area contributed by atoms with Gasteiger partial charge in [0.2, 0.25) is 0 Å². The highest BCUT2D eigenvalue weighted by atomic mass is 16.5. The maximum absolute atomic E-state index is 5.72. The summed E-state index contributed by atoms with van der Waals surface area (Å²) in [4.78, 5) is 0. The number of rotatable bonds is 5. The molecule has 0 unspecified atom stereocenters.